The van der Waals surface area contributed by atoms with Crippen LogP contribution < -0.4 is 10.9 Å². The van der Waals surface area contributed by atoms with Gasteiger partial charge in [0, 0.05) is 5.39 Å². The van der Waals surface area contributed by atoms with E-state index in [2.05, 4.69) is 5.32 Å². The average Bonchev–Trinajstić information content (AvgIpc) is 2.54. The van der Waals surface area contributed by atoms with Gasteiger partial charge < -0.3 is 9.73 Å². The van der Waals surface area contributed by atoms with Crippen LogP contribution in [0.1, 0.15) is 28.9 Å². The molecule has 1 heterocycles. The highest BCUT2D eigenvalue weighted by atomic mass is 16.4. The van der Waals surface area contributed by atoms with E-state index >= 15 is 0 Å². The Hall–Kier alpha value is -2.88. The van der Waals surface area contributed by atoms with Gasteiger partial charge in [0.2, 0.25) is 0 Å². The van der Waals surface area contributed by atoms with Gasteiger partial charge in [-0.2, -0.15) is 0 Å². The molecule has 3 rings (SSSR count). The third-order valence-electron chi connectivity index (χ3n) is 3.53. The molecule has 0 fully saturated rings. The Morgan fingerprint density at radius 3 is 2.50 bits per heavy atom. The predicted octanol–water partition coefficient (Wildman–Crippen LogP) is 3.28. The Morgan fingerprint density at radius 2 is 1.73 bits per heavy atom. The van der Waals surface area contributed by atoms with Gasteiger partial charge in [-0.3, -0.25) is 4.79 Å². The minimum Gasteiger partial charge on any atom is -0.422 e. The highest BCUT2D eigenvalue weighted by Gasteiger charge is 2.16. The van der Waals surface area contributed by atoms with E-state index in [1.54, 1.807) is 24.3 Å². The van der Waals surface area contributed by atoms with Gasteiger partial charge in [-0.1, -0.05) is 48.5 Å². The van der Waals surface area contributed by atoms with Crippen LogP contribution in [-0.2, 0) is 0 Å². The van der Waals surface area contributed by atoms with Crippen LogP contribution in [0.3, 0.4) is 0 Å². The first-order valence-electron chi connectivity index (χ1n) is 7.04. The molecule has 4 heteroatoms. The summed E-state index contributed by atoms with van der Waals surface area (Å²) in [5, 5.41) is 3.54. The molecule has 0 spiro atoms. The Balaban J connectivity index is 1.89. The summed E-state index contributed by atoms with van der Waals surface area (Å²) in [5.74, 6) is -0.434. The molecule has 3 aromatic rings. The second-order valence-corrected chi connectivity index (χ2v) is 5.09. The van der Waals surface area contributed by atoms with Crippen LogP contribution in [0.4, 0.5) is 0 Å². The predicted molar refractivity (Wildman–Crippen MR) is 84.8 cm³/mol. The van der Waals surface area contributed by atoms with Crippen LogP contribution in [0.2, 0.25) is 0 Å². The smallest absolute Gasteiger partial charge is 0.349 e. The van der Waals surface area contributed by atoms with Gasteiger partial charge in [-0.25, -0.2) is 4.79 Å². The Morgan fingerprint density at radius 1 is 1.05 bits per heavy atom. The Bertz CT molecular complexity index is 868. The minimum absolute atomic E-state index is 0.0153. The summed E-state index contributed by atoms with van der Waals surface area (Å²) in [7, 11) is 0. The standard InChI is InChI=1S/C18H15NO3/c1-12(13-7-3-2-4-8-13)19-17(20)15-11-14-9-5-6-10-16(14)22-18(15)21/h2-12H,1H3,(H,19,20)/t12-/m0/s1. The molecule has 1 atom stereocenters. The van der Waals surface area contributed by atoms with Crippen LogP contribution >= 0.6 is 0 Å². The van der Waals surface area contributed by atoms with E-state index in [-0.39, 0.29) is 11.6 Å². The SMILES string of the molecule is C[C@H](NC(=O)c1cc2ccccc2oc1=O)c1ccccc1. The van der Waals surface area contributed by atoms with Gasteiger partial charge in [-0.05, 0) is 24.6 Å². The summed E-state index contributed by atoms with van der Waals surface area (Å²) in [5.41, 5.74) is 0.833. The van der Waals surface area contributed by atoms with Crippen molar-refractivity contribution < 1.29 is 9.21 Å². The molecule has 0 aliphatic heterocycles. The molecule has 1 aromatic heterocycles. The van der Waals surface area contributed by atoms with Gasteiger partial charge in [0.05, 0.1) is 6.04 Å². The van der Waals surface area contributed by atoms with E-state index in [4.69, 9.17) is 4.42 Å². The summed E-state index contributed by atoms with van der Waals surface area (Å²) in [6.07, 6.45) is 0. The number of hydrogen-bond acceptors (Lipinski definition) is 3. The topological polar surface area (TPSA) is 59.3 Å². The monoisotopic (exact) mass is 293 g/mol. The molecule has 0 radical (unpaired) electrons. The molecule has 0 saturated heterocycles. The summed E-state index contributed by atoms with van der Waals surface area (Å²) < 4.78 is 5.18. The number of carbonyl (C=O) groups is 1. The second-order valence-electron chi connectivity index (χ2n) is 5.09. The van der Waals surface area contributed by atoms with Crippen LogP contribution in [0.25, 0.3) is 11.0 Å². The van der Waals surface area contributed by atoms with Gasteiger partial charge in [0.25, 0.3) is 5.91 Å². The van der Waals surface area contributed by atoms with Crippen molar-refractivity contribution in [3.63, 3.8) is 0 Å². The summed E-state index contributed by atoms with van der Waals surface area (Å²) in [6, 6.07) is 18.1. The number of para-hydroxylation sites is 1. The zero-order valence-electron chi connectivity index (χ0n) is 12.1. The molecular weight excluding hydrogens is 278 g/mol. The normalized spacial score (nSPS) is 12.0. The van der Waals surface area contributed by atoms with Crippen LogP contribution in [0.15, 0.2) is 69.9 Å². The van der Waals surface area contributed by atoms with Crippen molar-refractivity contribution in [1.82, 2.24) is 5.32 Å². The van der Waals surface area contributed by atoms with Gasteiger partial charge in [-0.15, -0.1) is 0 Å². The first-order valence-corrected chi connectivity index (χ1v) is 7.04. The van der Waals surface area contributed by atoms with E-state index in [1.165, 1.54) is 0 Å². The summed E-state index contributed by atoms with van der Waals surface area (Å²) >= 11 is 0. The number of carbonyl (C=O) groups excluding carboxylic acids is 1. The van der Waals surface area contributed by atoms with E-state index in [1.807, 2.05) is 43.3 Å². The summed E-state index contributed by atoms with van der Waals surface area (Å²) in [4.78, 5) is 24.3. The lowest BCUT2D eigenvalue weighted by Crippen LogP contribution is -2.30. The molecule has 0 aliphatic carbocycles. The van der Waals surface area contributed by atoms with Crippen molar-refractivity contribution in [1.29, 1.82) is 0 Å². The third-order valence-corrected chi connectivity index (χ3v) is 3.53. The molecule has 1 amide bonds. The van der Waals surface area contributed by atoms with E-state index in [0.717, 1.165) is 10.9 Å². The molecule has 4 nitrogen and oxygen atoms in total. The van der Waals surface area contributed by atoms with Gasteiger partial charge in [0.1, 0.15) is 11.1 Å². The van der Waals surface area contributed by atoms with Crippen LogP contribution in [-0.4, -0.2) is 5.91 Å². The Labute approximate surface area is 127 Å². The van der Waals surface area contributed by atoms with Crippen molar-refractivity contribution in [2.24, 2.45) is 0 Å². The lowest BCUT2D eigenvalue weighted by Gasteiger charge is -2.13. The van der Waals surface area contributed by atoms with E-state index < -0.39 is 11.5 Å². The Kier molecular flexibility index (Phi) is 3.74. The van der Waals surface area contributed by atoms with E-state index in [0.29, 0.717) is 5.58 Å². The number of rotatable bonds is 3. The van der Waals surface area contributed by atoms with Gasteiger partial charge in [0.15, 0.2) is 0 Å². The van der Waals surface area contributed by atoms with Crippen LogP contribution in [0, 0.1) is 0 Å². The zero-order valence-corrected chi connectivity index (χ0v) is 12.1. The molecule has 1 N–H and O–H groups in total. The third kappa shape index (κ3) is 2.76. The molecule has 0 saturated carbocycles. The molecule has 22 heavy (non-hydrogen) atoms. The van der Waals surface area contributed by atoms with Crippen molar-refractivity contribution in [3.8, 4) is 0 Å². The number of fused-ring (bicyclic) bond motifs is 1. The highest BCUT2D eigenvalue weighted by molar-refractivity contribution is 5.96. The first-order chi connectivity index (χ1) is 10.6. The molecule has 0 bridgehead atoms. The second kappa shape index (κ2) is 5.85. The van der Waals surface area contributed by atoms with Crippen LogP contribution in [0.5, 0.6) is 0 Å². The van der Waals surface area contributed by atoms with Crippen molar-refractivity contribution in [2.45, 2.75) is 13.0 Å². The maximum Gasteiger partial charge on any atom is 0.349 e. The van der Waals surface area contributed by atoms with E-state index in [9.17, 15) is 9.59 Å². The number of nitrogens with one attached hydrogen (secondary N) is 1. The number of hydrogen-bond donors (Lipinski definition) is 1. The molecular formula is C18H15NO3. The fraction of sp³-hybridized carbons (Fsp3) is 0.111. The largest absolute Gasteiger partial charge is 0.422 e. The fourth-order valence-electron chi connectivity index (χ4n) is 2.32. The van der Waals surface area contributed by atoms with Crippen molar-refractivity contribution in [2.75, 3.05) is 0 Å². The lowest BCUT2D eigenvalue weighted by atomic mass is 10.1. The minimum atomic E-state index is -0.628. The fourth-order valence-corrected chi connectivity index (χ4v) is 2.32. The number of amides is 1. The number of benzene rings is 2. The molecule has 0 unspecified atom stereocenters. The zero-order chi connectivity index (χ0) is 15.5. The average molecular weight is 293 g/mol. The molecule has 0 aliphatic rings. The van der Waals surface area contributed by atoms with Gasteiger partial charge >= 0.3 is 5.63 Å². The maximum absolute atomic E-state index is 12.3. The van der Waals surface area contributed by atoms with Crippen molar-refractivity contribution in [3.05, 3.63) is 82.2 Å². The van der Waals surface area contributed by atoms with Crippen molar-refractivity contribution >= 4 is 16.9 Å². The lowest BCUT2D eigenvalue weighted by molar-refractivity contribution is 0.0936. The first kappa shape index (κ1) is 14.1. The molecule has 110 valence electrons. The summed E-state index contributed by atoms with van der Waals surface area (Å²) in [6.45, 7) is 1.87. The molecule has 2 aromatic carbocycles. The maximum atomic E-state index is 12.3. The quantitative estimate of drug-likeness (QED) is 0.754. The highest BCUT2D eigenvalue weighted by Crippen LogP contribution is 2.15.